The van der Waals surface area contributed by atoms with Gasteiger partial charge in [-0.2, -0.15) is 5.26 Å². The Morgan fingerprint density at radius 3 is 3.06 bits per heavy atom. The number of amides is 1. The minimum atomic E-state index is -0.0633. The highest BCUT2D eigenvalue weighted by Crippen LogP contribution is 2.28. The second-order valence-electron chi connectivity index (χ2n) is 4.21. The monoisotopic (exact) mass is 245 g/mol. The lowest BCUT2D eigenvalue weighted by atomic mass is 10.2. The number of nitrogens with zero attached hydrogens (tertiary/aromatic N) is 3. The molecule has 0 aliphatic heterocycles. The lowest BCUT2D eigenvalue weighted by Crippen LogP contribution is -2.34. The fraction of sp³-hybridized carbons (Fsp3) is 0.417. The van der Waals surface area contributed by atoms with Gasteiger partial charge >= 0.3 is 0 Å². The molecule has 0 spiro atoms. The molecule has 1 heterocycles. The minimum Gasteiger partial charge on any atom is -0.335 e. The van der Waals surface area contributed by atoms with Gasteiger partial charge in [0.05, 0.1) is 12.5 Å². The maximum Gasteiger partial charge on any atom is 0.254 e. The Balaban J connectivity index is 2.14. The largest absolute Gasteiger partial charge is 0.335 e. The van der Waals surface area contributed by atoms with E-state index in [1.54, 1.807) is 17.0 Å². The Kier molecular flexibility index (Phi) is 3.75. The van der Waals surface area contributed by atoms with Crippen molar-refractivity contribution in [2.75, 3.05) is 12.0 Å². The molecule has 3 N–H and O–H groups in total. The van der Waals surface area contributed by atoms with E-state index in [1.807, 2.05) is 0 Å². The average Bonchev–Trinajstić information content (AvgIpc) is 3.23. The molecule has 0 bridgehead atoms. The van der Waals surface area contributed by atoms with Crippen LogP contribution in [0.3, 0.4) is 0 Å². The summed E-state index contributed by atoms with van der Waals surface area (Å²) in [6.07, 6.45) is 3.93. The molecule has 94 valence electrons. The summed E-state index contributed by atoms with van der Waals surface area (Å²) in [6, 6.07) is 5.63. The smallest absolute Gasteiger partial charge is 0.254 e. The maximum atomic E-state index is 12.3. The molecule has 0 saturated heterocycles. The number of rotatable bonds is 5. The average molecular weight is 245 g/mol. The molecular weight excluding hydrogens is 230 g/mol. The predicted octanol–water partition coefficient (Wildman–Crippen LogP) is 0.885. The number of carbonyl (C=O) groups excluding carboxylic acids is 1. The van der Waals surface area contributed by atoms with E-state index in [1.165, 1.54) is 6.20 Å². The molecule has 0 radical (unpaired) electrons. The Bertz CT molecular complexity index is 478. The first-order chi connectivity index (χ1) is 8.76. The topological polar surface area (TPSA) is 95.0 Å². The van der Waals surface area contributed by atoms with Crippen molar-refractivity contribution in [2.24, 2.45) is 5.84 Å². The molecule has 1 aliphatic rings. The van der Waals surface area contributed by atoms with Gasteiger partial charge in [-0.3, -0.25) is 4.79 Å². The third-order valence-electron chi connectivity index (χ3n) is 2.87. The third-order valence-corrected chi connectivity index (χ3v) is 2.87. The number of pyridine rings is 1. The number of carbonyl (C=O) groups is 1. The molecule has 1 aromatic heterocycles. The fourth-order valence-electron chi connectivity index (χ4n) is 1.81. The van der Waals surface area contributed by atoms with Gasteiger partial charge in [-0.25, -0.2) is 10.8 Å². The highest BCUT2D eigenvalue weighted by Gasteiger charge is 2.32. The van der Waals surface area contributed by atoms with Crippen LogP contribution in [0, 0.1) is 11.3 Å². The van der Waals surface area contributed by atoms with Gasteiger partial charge in [0.2, 0.25) is 0 Å². The summed E-state index contributed by atoms with van der Waals surface area (Å²) in [7, 11) is 0. The Morgan fingerprint density at radius 1 is 1.67 bits per heavy atom. The van der Waals surface area contributed by atoms with Crippen LogP contribution < -0.4 is 11.3 Å². The van der Waals surface area contributed by atoms with E-state index < -0.39 is 0 Å². The van der Waals surface area contributed by atoms with Crippen molar-refractivity contribution in [2.45, 2.75) is 25.3 Å². The third kappa shape index (κ3) is 2.76. The highest BCUT2D eigenvalue weighted by atomic mass is 16.2. The van der Waals surface area contributed by atoms with Crippen molar-refractivity contribution < 1.29 is 4.79 Å². The molecule has 0 aromatic carbocycles. The van der Waals surface area contributed by atoms with E-state index in [4.69, 9.17) is 11.1 Å². The second kappa shape index (κ2) is 5.47. The number of hydrazine groups is 1. The van der Waals surface area contributed by atoms with Crippen LogP contribution in [0.15, 0.2) is 18.3 Å². The van der Waals surface area contributed by atoms with E-state index in [0.29, 0.717) is 24.3 Å². The van der Waals surface area contributed by atoms with Crippen molar-refractivity contribution in [3.8, 4) is 6.07 Å². The molecule has 6 nitrogen and oxygen atoms in total. The van der Waals surface area contributed by atoms with Crippen LogP contribution in [0.25, 0.3) is 0 Å². The number of aromatic nitrogens is 1. The summed E-state index contributed by atoms with van der Waals surface area (Å²) in [5.74, 6) is 5.66. The number of nitrogens with one attached hydrogen (secondary N) is 1. The quantitative estimate of drug-likeness (QED) is 0.593. The number of nitriles is 1. The lowest BCUT2D eigenvalue weighted by molar-refractivity contribution is 0.0747. The van der Waals surface area contributed by atoms with Gasteiger partial charge in [-0.05, 0) is 25.0 Å². The lowest BCUT2D eigenvalue weighted by Gasteiger charge is -2.21. The molecule has 1 saturated carbocycles. The summed E-state index contributed by atoms with van der Waals surface area (Å²) < 4.78 is 0. The molecule has 1 fully saturated rings. The zero-order valence-corrected chi connectivity index (χ0v) is 9.97. The van der Waals surface area contributed by atoms with E-state index >= 15 is 0 Å². The molecule has 6 heteroatoms. The standard InChI is InChI=1S/C12H15N5O/c13-5-1-7-17(10-2-3-10)12(18)9-4-6-15-11(8-9)16-14/h4,6,8,10H,1-3,7,14H2,(H,15,16). The number of nitrogens with two attached hydrogens (primary N) is 1. The van der Waals surface area contributed by atoms with Crippen LogP contribution in [-0.2, 0) is 0 Å². The van der Waals surface area contributed by atoms with Gasteiger partial charge in [-0.1, -0.05) is 0 Å². The fourth-order valence-corrected chi connectivity index (χ4v) is 1.81. The summed E-state index contributed by atoms with van der Waals surface area (Å²) >= 11 is 0. The molecule has 1 amide bonds. The molecule has 2 rings (SSSR count). The van der Waals surface area contributed by atoms with Gasteiger partial charge < -0.3 is 10.3 Å². The highest BCUT2D eigenvalue weighted by molar-refractivity contribution is 5.95. The van der Waals surface area contributed by atoms with Crippen LogP contribution in [0.5, 0.6) is 0 Å². The van der Waals surface area contributed by atoms with Crippen LogP contribution in [0.4, 0.5) is 5.82 Å². The van der Waals surface area contributed by atoms with Crippen molar-refractivity contribution in [3.63, 3.8) is 0 Å². The number of anilines is 1. The van der Waals surface area contributed by atoms with E-state index in [0.717, 1.165) is 12.8 Å². The van der Waals surface area contributed by atoms with Crippen LogP contribution >= 0.6 is 0 Å². The SMILES string of the molecule is N#CCCN(C(=O)c1ccnc(NN)c1)C1CC1. The summed E-state index contributed by atoms with van der Waals surface area (Å²) in [4.78, 5) is 18.0. The number of hydrogen-bond donors (Lipinski definition) is 2. The van der Waals surface area contributed by atoms with Gasteiger partial charge in [0.1, 0.15) is 5.82 Å². The maximum absolute atomic E-state index is 12.3. The first-order valence-corrected chi connectivity index (χ1v) is 5.87. The zero-order chi connectivity index (χ0) is 13.0. The van der Waals surface area contributed by atoms with E-state index in [9.17, 15) is 4.79 Å². The molecular formula is C12H15N5O. The molecule has 1 aliphatic carbocycles. The Hall–Kier alpha value is -2.13. The normalized spacial score (nSPS) is 13.8. The van der Waals surface area contributed by atoms with Crippen molar-refractivity contribution in [1.29, 1.82) is 5.26 Å². The zero-order valence-electron chi connectivity index (χ0n) is 9.97. The minimum absolute atomic E-state index is 0.0633. The van der Waals surface area contributed by atoms with Crippen LogP contribution in [0.2, 0.25) is 0 Å². The van der Waals surface area contributed by atoms with Gasteiger partial charge in [0.25, 0.3) is 5.91 Å². The second-order valence-corrected chi connectivity index (χ2v) is 4.21. The first kappa shape index (κ1) is 12.3. The van der Waals surface area contributed by atoms with E-state index in [2.05, 4.69) is 16.5 Å². The number of hydrogen-bond acceptors (Lipinski definition) is 5. The molecule has 1 aromatic rings. The van der Waals surface area contributed by atoms with Crippen LogP contribution in [-0.4, -0.2) is 28.4 Å². The molecule has 18 heavy (non-hydrogen) atoms. The predicted molar refractivity (Wildman–Crippen MR) is 66.3 cm³/mol. The summed E-state index contributed by atoms with van der Waals surface area (Å²) in [5, 5.41) is 8.63. The molecule has 0 unspecified atom stereocenters. The van der Waals surface area contributed by atoms with E-state index in [-0.39, 0.29) is 11.9 Å². The van der Waals surface area contributed by atoms with Crippen molar-refractivity contribution in [1.82, 2.24) is 9.88 Å². The Morgan fingerprint density at radius 2 is 2.44 bits per heavy atom. The molecule has 0 atom stereocenters. The van der Waals surface area contributed by atoms with Gasteiger partial charge in [-0.15, -0.1) is 0 Å². The summed E-state index contributed by atoms with van der Waals surface area (Å²) in [6.45, 7) is 0.480. The first-order valence-electron chi connectivity index (χ1n) is 5.87. The van der Waals surface area contributed by atoms with Crippen molar-refractivity contribution in [3.05, 3.63) is 23.9 Å². The van der Waals surface area contributed by atoms with Gasteiger partial charge in [0.15, 0.2) is 0 Å². The number of nitrogen functional groups attached to an aromatic ring is 1. The summed E-state index contributed by atoms with van der Waals surface area (Å²) in [5.41, 5.74) is 2.96. The van der Waals surface area contributed by atoms with Gasteiger partial charge in [0, 0.05) is 24.3 Å². The van der Waals surface area contributed by atoms with Crippen LogP contribution in [0.1, 0.15) is 29.6 Å². The Labute approximate surface area is 105 Å². The van der Waals surface area contributed by atoms with Crippen molar-refractivity contribution >= 4 is 11.7 Å².